The second-order valence-electron chi connectivity index (χ2n) is 3.32. The van der Waals surface area contributed by atoms with Crippen LogP contribution in [0.25, 0.3) is 6.08 Å². The van der Waals surface area contributed by atoms with Crippen LogP contribution in [0, 0.1) is 9.65 Å². The van der Waals surface area contributed by atoms with Gasteiger partial charge < -0.3 is 0 Å². The Labute approximate surface area is 118 Å². The molecule has 0 amide bonds. The minimum Gasteiger partial charge on any atom is -0.0616 e. The van der Waals surface area contributed by atoms with Crippen LogP contribution in [0.1, 0.15) is 11.1 Å². The van der Waals surface area contributed by atoms with E-state index in [1.165, 1.54) is 9.13 Å². The fourth-order valence-corrected chi connectivity index (χ4v) is 2.11. The minimum atomic E-state index is 1.09. The van der Waals surface area contributed by atoms with Crippen molar-refractivity contribution in [3.8, 4) is 0 Å². The number of rotatable bonds is 2. The highest BCUT2D eigenvalue weighted by atomic mass is 127. The molecule has 0 spiro atoms. The highest BCUT2D eigenvalue weighted by Crippen LogP contribution is 2.15. The predicted octanol–water partition coefficient (Wildman–Crippen LogP) is 4.92. The van der Waals surface area contributed by atoms with Gasteiger partial charge in [0.1, 0.15) is 0 Å². The second kappa shape index (κ2) is 5.64. The number of benzene rings is 2. The molecule has 0 heterocycles. The Morgan fingerprint density at radius 3 is 2.38 bits per heavy atom. The summed E-state index contributed by atoms with van der Waals surface area (Å²) in [5, 5.41) is 0. The third-order valence-corrected chi connectivity index (χ3v) is 3.65. The lowest BCUT2D eigenvalue weighted by atomic mass is 10.1. The van der Waals surface area contributed by atoms with Crippen molar-refractivity contribution in [2.75, 3.05) is 0 Å². The van der Waals surface area contributed by atoms with Gasteiger partial charge in [0.15, 0.2) is 0 Å². The van der Waals surface area contributed by atoms with Gasteiger partial charge in [-0.15, -0.1) is 0 Å². The van der Waals surface area contributed by atoms with E-state index < -0.39 is 0 Å². The maximum absolute atomic E-state index is 3.41. The molecule has 2 aromatic carbocycles. The summed E-state index contributed by atoms with van der Waals surface area (Å²) in [6.45, 7) is 0. The Morgan fingerprint density at radius 1 is 1.00 bits per heavy atom. The van der Waals surface area contributed by atoms with E-state index in [0.29, 0.717) is 0 Å². The second-order valence-corrected chi connectivity index (χ2v) is 5.39. The van der Waals surface area contributed by atoms with Crippen molar-refractivity contribution in [1.82, 2.24) is 0 Å². The van der Waals surface area contributed by atoms with Gasteiger partial charge in [-0.3, -0.25) is 0 Å². The molecule has 0 saturated carbocycles. The van der Waals surface area contributed by atoms with Crippen LogP contribution >= 0.6 is 38.5 Å². The largest absolute Gasteiger partial charge is 0.0616 e. The number of hydrogen-bond acceptors (Lipinski definition) is 0. The van der Waals surface area contributed by atoms with Crippen LogP contribution in [0.3, 0.4) is 0 Å². The first-order valence-electron chi connectivity index (χ1n) is 4.85. The van der Waals surface area contributed by atoms with Crippen LogP contribution < -0.4 is 0 Å². The number of halogens is 2. The van der Waals surface area contributed by atoms with Gasteiger partial charge in [0.25, 0.3) is 0 Å². The molecule has 16 heavy (non-hydrogen) atoms. The lowest BCUT2D eigenvalue weighted by Crippen LogP contribution is -1.78. The number of hydrogen-bond donors (Lipinski definition) is 0. The molecule has 0 fully saturated rings. The van der Waals surface area contributed by atoms with Gasteiger partial charge in [-0.1, -0.05) is 46.3 Å². The average molecular weight is 384 g/mol. The molecule has 0 aliphatic heterocycles. The molecule has 2 heteroatoms. The molecule has 0 aromatic heterocycles. The van der Waals surface area contributed by atoms with Crippen LogP contribution in [0.4, 0.5) is 0 Å². The fourth-order valence-electron chi connectivity index (χ4n) is 1.30. The first-order valence-corrected chi connectivity index (χ1v) is 6.73. The van der Waals surface area contributed by atoms with Crippen molar-refractivity contribution < 1.29 is 0 Å². The minimum absolute atomic E-state index is 1.09. The van der Waals surface area contributed by atoms with Crippen molar-refractivity contribution in [2.24, 2.45) is 0 Å². The fraction of sp³-hybridized carbons (Fsp3) is 0. The van der Waals surface area contributed by atoms with Crippen molar-refractivity contribution >= 4 is 44.6 Å². The molecule has 2 aromatic rings. The van der Waals surface area contributed by atoms with Crippen LogP contribution in [-0.4, -0.2) is 0 Å². The van der Waals surface area contributed by atoms with Crippen molar-refractivity contribution in [3.05, 3.63) is 73.8 Å². The molecule has 0 unspecified atom stereocenters. The smallest absolute Gasteiger partial charge is 0.0202 e. The van der Waals surface area contributed by atoms with Crippen LogP contribution in [0.5, 0.6) is 0 Å². The third-order valence-electron chi connectivity index (χ3n) is 2.14. The Hall–Kier alpha value is -0.610. The SMILES string of the molecule is Brc1ccc([C]=Cc2ccccc2I)cc1. The first-order chi connectivity index (χ1) is 7.75. The standard InChI is InChI=1S/C14H9BrI/c15-13-9-6-11(7-10-13)5-8-12-3-1-2-4-14(12)16/h1-4,6-10H. The zero-order valence-corrected chi connectivity index (χ0v) is 12.2. The summed E-state index contributed by atoms with van der Waals surface area (Å²) in [5.74, 6) is 0. The summed E-state index contributed by atoms with van der Waals surface area (Å²) >= 11 is 5.74. The summed E-state index contributed by atoms with van der Waals surface area (Å²) in [6, 6.07) is 16.4. The summed E-state index contributed by atoms with van der Waals surface area (Å²) in [4.78, 5) is 0. The molecule has 0 N–H and O–H groups in total. The lowest BCUT2D eigenvalue weighted by molar-refractivity contribution is 1.54. The van der Waals surface area contributed by atoms with Crippen LogP contribution in [0.2, 0.25) is 0 Å². The van der Waals surface area contributed by atoms with Crippen molar-refractivity contribution in [2.45, 2.75) is 0 Å². The highest BCUT2D eigenvalue weighted by Gasteiger charge is 1.93. The molecule has 0 bridgehead atoms. The molecule has 79 valence electrons. The predicted molar refractivity (Wildman–Crippen MR) is 80.1 cm³/mol. The topological polar surface area (TPSA) is 0 Å². The van der Waals surface area contributed by atoms with Gasteiger partial charge in [0.2, 0.25) is 0 Å². The van der Waals surface area contributed by atoms with Gasteiger partial charge in [0.05, 0.1) is 0 Å². The van der Waals surface area contributed by atoms with Gasteiger partial charge in [-0.2, -0.15) is 0 Å². The van der Waals surface area contributed by atoms with Crippen molar-refractivity contribution in [3.63, 3.8) is 0 Å². The molecule has 1 radical (unpaired) electrons. The molecule has 0 aliphatic rings. The maximum atomic E-state index is 3.41. The van der Waals surface area contributed by atoms with E-state index in [0.717, 1.165) is 10.0 Å². The van der Waals surface area contributed by atoms with Crippen molar-refractivity contribution in [1.29, 1.82) is 0 Å². The molecule has 0 atom stereocenters. The van der Waals surface area contributed by atoms with E-state index in [1.807, 2.05) is 42.5 Å². The third kappa shape index (κ3) is 3.19. The summed E-state index contributed by atoms with van der Waals surface area (Å²) < 4.78 is 2.33. The molecule has 0 nitrogen and oxygen atoms in total. The van der Waals surface area contributed by atoms with Gasteiger partial charge >= 0.3 is 0 Å². The summed E-state index contributed by atoms with van der Waals surface area (Å²) in [5.41, 5.74) is 2.29. The molecule has 2 rings (SSSR count). The monoisotopic (exact) mass is 383 g/mol. The molecular formula is C14H9BrI. The Balaban J connectivity index is 2.21. The zero-order chi connectivity index (χ0) is 11.4. The molecule has 0 aliphatic carbocycles. The quantitative estimate of drug-likeness (QED) is 0.510. The van der Waals surface area contributed by atoms with Gasteiger partial charge in [-0.05, 0) is 64.1 Å². The Morgan fingerprint density at radius 2 is 1.69 bits per heavy atom. The van der Waals surface area contributed by atoms with Crippen LogP contribution in [0.15, 0.2) is 53.0 Å². The van der Waals surface area contributed by atoms with E-state index in [1.54, 1.807) is 0 Å². The van der Waals surface area contributed by atoms with E-state index >= 15 is 0 Å². The van der Waals surface area contributed by atoms with E-state index in [2.05, 4.69) is 56.7 Å². The van der Waals surface area contributed by atoms with E-state index in [-0.39, 0.29) is 0 Å². The zero-order valence-electron chi connectivity index (χ0n) is 8.45. The summed E-state index contributed by atoms with van der Waals surface area (Å²) in [7, 11) is 0. The van der Waals surface area contributed by atoms with Gasteiger partial charge in [0, 0.05) is 8.04 Å². The highest BCUT2D eigenvalue weighted by molar-refractivity contribution is 14.1. The van der Waals surface area contributed by atoms with E-state index in [4.69, 9.17) is 0 Å². The average Bonchev–Trinajstić information content (AvgIpc) is 2.30. The van der Waals surface area contributed by atoms with E-state index in [9.17, 15) is 0 Å². The maximum Gasteiger partial charge on any atom is 0.0202 e. The molecule has 0 saturated heterocycles. The normalized spacial score (nSPS) is 10.9. The van der Waals surface area contributed by atoms with Gasteiger partial charge in [-0.25, -0.2) is 0 Å². The first kappa shape index (κ1) is 11.9. The molecular weight excluding hydrogens is 375 g/mol. The van der Waals surface area contributed by atoms with Crippen LogP contribution in [-0.2, 0) is 0 Å². The Bertz CT molecular complexity index is 500. The lowest BCUT2D eigenvalue weighted by Gasteiger charge is -1.97. The Kier molecular flexibility index (Phi) is 4.18. The summed E-state index contributed by atoms with van der Waals surface area (Å²) in [6.07, 6.45) is 5.30.